The third kappa shape index (κ3) is 3.88. The fourth-order valence-corrected chi connectivity index (χ4v) is 3.65. The van der Waals surface area contributed by atoms with Crippen molar-refractivity contribution in [3.05, 3.63) is 44.3 Å². The number of allylic oxidation sites excluding steroid dienone is 1. The SMILES string of the molecule is COCc1c(F)c(F)c(COC(=O)[C@@H]2[C@@H](C=C(F)F)C2(C)C)c(I)c1F. The van der Waals surface area contributed by atoms with Crippen molar-refractivity contribution in [2.75, 3.05) is 7.11 Å². The molecule has 2 rings (SSSR count). The molecular weight excluding hydrogens is 474 g/mol. The molecule has 9 heteroatoms. The van der Waals surface area contributed by atoms with Crippen molar-refractivity contribution in [1.82, 2.24) is 0 Å². The molecule has 1 fully saturated rings. The standard InChI is InChI=1S/C17H16F5IO3/c1-17(2)9(4-10(18)19)11(17)16(24)26-6-8-13(21)12(20)7(5-25-3)14(22)15(8)23/h4,9,11H,5-6H2,1-3H3/t9-,11+/m1/s1. The highest BCUT2D eigenvalue weighted by Gasteiger charge is 2.62. The second-order valence-corrected chi connectivity index (χ2v) is 7.61. The molecule has 1 aliphatic rings. The Morgan fingerprint density at radius 1 is 1.12 bits per heavy atom. The molecule has 0 unspecified atom stereocenters. The van der Waals surface area contributed by atoms with Crippen LogP contribution in [0.15, 0.2) is 12.2 Å². The lowest BCUT2D eigenvalue weighted by Gasteiger charge is -2.13. The predicted molar refractivity (Wildman–Crippen MR) is 90.6 cm³/mol. The zero-order chi connectivity index (χ0) is 19.8. The number of hydrogen-bond donors (Lipinski definition) is 0. The molecule has 1 aromatic rings. The van der Waals surface area contributed by atoms with Gasteiger partial charge in [0.1, 0.15) is 12.4 Å². The summed E-state index contributed by atoms with van der Waals surface area (Å²) in [6.45, 7) is 2.08. The Balaban J connectivity index is 2.18. The van der Waals surface area contributed by atoms with Crippen LogP contribution in [-0.4, -0.2) is 13.1 Å². The zero-order valence-electron chi connectivity index (χ0n) is 14.1. The Kier molecular flexibility index (Phi) is 6.32. The summed E-state index contributed by atoms with van der Waals surface area (Å²) in [5.41, 5.74) is -1.74. The molecule has 1 saturated carbocycles. The summed E-state index contributed by atoms with van der Waals surface area (Å²) in [6, 6.07) is 0. The molecule has 1 aromatic carbocycles. The smallest absolute Gasteiger partial charge is 0.310 e. The second kappa shape index (κ2) is 7.79. The average Bonchev–Trinajstić information content (AvgIpc) is 3.09. The van der Waals surface area contributed by atoms with E-state index in [0.717, 1.165) is 0 Å². The highest BCUT2D eigenvalue weighted by Crippen LogP contribution is 2.60. The second-order valence-electron chi connectivity index (χ2n) is 6.53. The van der Waals surface area contributed by atoms with Crippen LogP contribution in [0, 0.1) is 38.3 Å². The summed E-state index contributed by atoms with van der Waals surface area (Å²) in [6.07, 6.45) is -1.23. The van der Waals surface area contributed by atoms with Crippen LogP contribution < -0.4 is 0 Å². The molecule has 0 aliphatic heterocycles. The molecule has 2 atom stereocenters. The van der Waals surface area contributed by atoms with E-state index in [4.69, 9.17) is 4.74 Å². The first-order valence-corrected chi connectivity index (χ1v) is 8.63. The molecular formula is C17H16F5IO3. The van der Waals surface area contributed by atoms with Crippen LogP contribution in [0.3, 0.4) is 0 Å². The van der Waals surface area contributed by atoms with Gasteiger partial charge in [-0.1, -0.05) is 13.8 Å². The number of hydrogen-bond acceptors (Lipinski definition) is 3. The van der Waals surface area contributed by atoms with Gasteiger partial charge in [0.25, 0.3) is 6.08 Å². The quantitative estimate of drug-likeness (QED) is 0.245. The molecule has 3 nitrogen and oxygen atoms in total. The molecule has 144 valence electrons. The first kappa shape index (κ1) is 21.1. The molecule has 26 heavy (non-hydrogen) atoms. The molecule has 0 radical (unpaired) electrons. The Morgan fingerprint density at radius 3 is 2.23 bits per heavy atom. The number of ether oxygens (including phenoxy) is 2. The lowest BCUT2D eigenvalue weighted by Crippen LogP contribution is -2.14. The molecule has 0 amide bonds. The highest BCUT2D eigenvalue weighted by atomic mass is 127. The van der Waals surface area contributed by atoms with Gasteiger partial charge in [-0.2, -0.15) is 8.78 Å². The van der Waals surface area contributed by atoms with E-state index in [9.17, 15) is 26.7 Å². The van der Waals surface area contributed by atoms with E-state index in [1.54, 1.807) is 13.8 Å². The third-order valence-corrected chi connectivity index (χ3v) is 5.69. The maximum atomic E-state index is 14.2. The van der Waals surface area contributed by atoms with E-state index in [1.165, 1.54) is 29.7 Å². The van der Waals surface area contributed by atoms with Crippen molar-refractivity contribution in [2.24, 2.45) is 17.3 Å². The van der Waals surface area contributed by atoms with Gasteiger partial charge in [-0.15, -0.1) is 0 Å². The van der Waals surface area contributed by atoms with Crippen LogP contribution in [0.25, 0.3) is 0 Å². The van der Waals surface area contributed by atoms with Crippen molar-refractivity contribution in [3.8, 4) is 0 Å². The first-order valence-electron chi connectivity index (χ1n) is 7.56. The van der Waals surface area contributed by atoms with E-state index in [0.29, 0.717) is 6.08 Å². The lowest BCUT2D eigenvalue weighted by atomic mass is 10.1. The number of carbonyl (C=O) groups is 1. The van der Waals surface area contributed by atoms with Gasteiger partial charge in [-0.3, -0.25) is 4.79 Å². The van der Waals surface area contributed by atoms with Gasteiger partial charge in [-0.25, -0.2) is 13.2 Å². The van der Waals surface area contributed by atoms with Crippen LogP contribution in [0.1, 0.15) is 25.0 Å². The van der Waals surface area contributed by atoms with Crippen LogP contribution in [0.5, 0.6) is 0 Å². The van der Waals surface area contributed by atoms with E-state index in [2.05, 4.69) is 4.74 Å². The normalized spacial score (nSPS) is 20.7. The number of benzene rings is 1. The van der Waals surface area contributed by atoms with E-state index in [-0.39, 0.29) is 3.57 Å². The number of halogens is 6. The Labute approximate surface area is 160 Å². The van der Waals surface area contributed by atoms with Crippen LogP contribution in [0.2, 0.25) is 0 Å². The predicted octanol–water partition coefficient (Wildman–Crippen LogP) is 4.95. The van der Waals surface area contributed by atoms with Crippen molar-refractivity contribution >= 4 is 28.6 Å². The largest absolute Gasteiger partial charge is 0.460 e. The van der Waals surface area contributed by atoms with Crippen molar-refractivity contribution < 1.29 is 36.2 Å². The Hall–Kier alpha value is -1.23. The molecule has 0 spiro atoms. The maximum Gasteiger partial charge on any atom is 0.310 e. The lowest BCUT2D eigenvalue weighted by molar-refractivity contribution is -0.147. The summed E-state index contributed by atoms with van der Waals surface area (Å²) < 4.78 is 76.6. The summed E-state index contributed by atoms with van der Waals surface area (Å²) in [5.74, 6) is -6.10. The zero-order valence-corrected chi connectivity index (χ0v) is 16.3. The summed E-state index contributed by atoms with van der Waals surface area (Å²) in [4.78, 5) is 12.1. The Bertz CT molecular complexity index is 730. The molecule has 0 N–H and O–H groups in total. The fourth-order valence-electron chi connectivity index (χ4n) is 2.93. The third-order valence-electron chi connectivity index (χ3n) is 4.56. The van der Waals surface area contributed by atoms with Crippen LogP contribution in [-0.2, 0) is 27.5 Å². The maximum absolute atomic E-state index is 14.2. The molecule has 0 saturated heterocycles. The molecule has 1 aliphatic carbocycles. The Morgan fingerprint density at radius 2 is 1.69 bits per heavy atom. The highest BCUT2D eigenvalue weighted by molar-refractivity contribution is 14.1. The van der Waals surface area contributed by atoms with Crippen LogP contribution >= 0.6 is 22.6 Å². The molecule has 0 bridgehead atoms. The minimum atomic E-state index is -1.91. The van der Waals surface area contributed by atoms with Crippen LogP contribution in [0.4, 0.5) is 22.0 Å². The topological polar surface area (TPSA) is 35.5 Å². The van der Waals surface area contributed by atoms with E-state index < -0.39 is 71.1 Å². The van der Waals surface area contributed by atoms with Gasteiger partial charge in [0.2, 0.25) is 0 Å². The molecule has 0 heterocycles. The van der Waals surface area contributed by atoms with E-state index in [1.807, 2.05) is 0 Å². The van der Waals surface area contributed by atoms with Gasteiger partial charge >= 0.3 is 5.97 Å². The minimum Gasteiger partial charge on any atom is -0.460 e. The van der Waals surface area contributed by atoms with Crippen molar-refractivity contribution in [1.29, 1.82) is 0 Å². The van der Waals surface area contributed by atoms with E-state index >= 15 is 0 Å². The van der Waals surface area contributed by atoms with Gasteiger partial charge in [0, 0.05) is 18.6 Å². The number of methoxy groups -OCH3 is 1. The number of carbonyl (C=O) groups excluding carboxylic acids is 1. The summed E-state index contributed by atoms with van der Waals surface area (Å²) in [7, 11) is 1.21. The van der Waals surface area contributed by atoms with Gasteiger partial charge in [0.15, 0.2) is 11.6 Å². The average molecular weight is 490 g/mol. The first-order chi connectivity index (χ1) is 12.0. The summed E-state index contributed by atoms with van der Waals surface area (Å²) >= 11 is 1.48. The fraction of sp³-hybridized carbons (Fsp3) is 0.471. The molecule has 0 aromatic heterocycles. The van der Waals surface area contributed by atoms with Crippen molar-refractivity contribution in [2.45, 2.75) is 27.1 Å². The van der Waals surface area contributed by atoms with Crippen molar-refractivity contribution in [3.63, 3.8) is 0 Å². The monoisotopic (exact) mass is 490 g/mol. The minimum absolute atomic E-state index is 0.234. The summed E-state index contributed by atoms with van der Waals surface area (Å²) in [5, 5.41) is 0. The van der Waals surface area contributed by atoms with Gasteiger partial charge < -0.3 is 9.47 Å². The van der Waals surface area contributed by atoms with Gasteiger partial charge in [0.05, 0.1) is 21.7 Å². The van der Waals surface area contributed by atoms with Gasteiger partial charge in [-0.05, 0) is 34.1 Å². The number of rotatable bonds is 6. The number of esters is 1.